The minimum Gasteiger partial charge on any atom is -0.435 e. The van der Waals surface area contributed by atoms with Crippen molar-refractivity contribution in [1.29, 1.82) is 0 Å². The molecule has 26 heavy (non-hydrogen) atoms. The number of hydrogen-bond donors (Lipinski definition) is 2. The number of alkyl halides is 2. The van der Waals surface area contributed by atoms with Gasteiger partial charge in [0.2, 0.25) is 5.91 Å². The summed E-state index contributed by atoms with van der Waals surface area (Å²) in [6.45, 7) is -1.45. The van der Waals surface area contributed by atoms with E-state index in [-0.39, 0.29) is 23.9 Å². The maximum Gasteiger partial charge on any atom is 0.387 e. The molecule has 2 rings (SSSR count). The van der Waals surface area contributed by atoms with Gasteiger partial charge >= 0.3 is 6.61 Å². The second-order valence-corrected chi connectivity index (χ2v) is 5.87. The Hall–Kier alpha value is -2.67. The minimum absolute atomic E-state index is 0.110. The number of amides is 2. The zero-order valence-electron chi connectivity index (χ0n) is 13.8. The molecule has 0 radical (unpaired) electrons. The van der Waals surface area contributed by atoms with Gasteiger partial charge in [0.1, 0.15) is 5.75 Å². The third-order valence-electron chi connectivity index (χ3n) is 3.46. The molecule has 0 aliphatic heterocycles. The van der Waals surface area contributed by atoms with Crippen LogP contribution >= 0.6 is 11.6 Å². The van der Waals surface area contributed by atoms with Crippen LogP contribution in [-0.2, 0) is 4.79 Å². The number of carbonyl (C=O) groups excluding carboxylic acids is 2. The molecule has 2 N–H and O–H groups in total. The van der Waals surface area contributed by atoms with E-state index in [9.17, 15) is 18.4 Å². The Morgan fingerprint density at radius 1 is 1.15 bits per heavy atom. The van der Waals surface area contributed by atoms with Crippen molar-refractivity contribution in [2.45, 2.75) is 19.6 Å². The lowest BCUT2D eigenvalue weighted by atomic mass is 10.1. The normalized spacial score (nSPS) is 11.7. The Labute approximate surface area is 154 Å². The minimum atomic E-state index is -2.98. The molecule has 2 aromatic rings. The quantitative estimate of drug-likeness (QED) is 0.769. The Morgan fingerprint density at radius 2 is 1.88 bits per heavy atom. The van der Waals surface area contributed by atoms with Crippen molar-refractivity contribution in [3.8, 4) is 5.75 Å². The van der Waals surface area contributed by atoms with Crippen LogP contribution < -0.4 is 15.4 Å². The van der Waals surface area contributed by atoms with Gasteiger partial charge in [0.05, 0.1) is 12.6 Å². The molecule has 138 valence electrons. The highest BCUT2D eigenvalue weighted by Gasteiger charge is 2.13. The smallest absolute Gasteiger partial charge is 0.387 e. The van der Waals surface area contributed by atoms with E-state index < -0.39 is 18.4 Å². The predicted molar refractivity (Wildman–Crippen MR) is 93.4 cm³/mol. The summed E-state index contributed by atoms with van der Waals surface area (Å²) >= 11 is 5.91. The van der Waals surface area contributed by atoms with E-state index in [1.807, 2.05) is 6.07 Å². The number of rotatable bonds is 7. The second kappa shape index (κ2) is 9.15. The molecule has 0 fully saturated rings. The van der Waals surface area contributed by atoms with E-state index in [1.165, 1.54) is 24.3 Å². The van der Waals surface area contributed by atoms with Crippen molar-refractivity contribution < 1.29 is 23.1 Å². The average Bonchev–Trinajstić information content (AvgIpc) is 2.59. The van der Waals surface area contributed by atoms with Crippen molar-refractivity contribution in [3.63, 3.8) is 0 Å². The first-order chi connectivity index (χ1) is 12.3. The van der Waals surface area contributed by atoms with E-state index in [0.29, 0.717) is 5.02 Å². The summed E-state index contributed by atoms with van der Waals surface area (Å²) < 4.78 is 28.7. The first-order valence-electron chi connectivity index (χ1n) is 7.73. The standard InChI is InChI=1S/C18H17ClF2N2O3/c1-11(12-4-2-6-14(19)8-12)23-16(24)10-22-17(25)13-5-3-7-15(9-13)26-18(20)21/h2-9,11,18H,10H2,1H3,(H,22,25)(H,23,24). The molecule has 2 aromatic carbocycles. The summed E-state index contributed by atoms with van der Waals surface area (Å²) in [5.41, 5.74) is 0.938. The molecule has 0 aliphatic rings. The highest BCUT2D eigenvalue weighted by molar-refractivity contribution is 6.30. The van der Waals surface area contributed by atoms with Gasteiger partial charge in [0, 0.05) is 10.6 Å². The van der Waals surface area contributed by atoms with Crippen LogP contribution in [0.5, 0.6) is 5.75 Å². The molecule has 0 spiro atoms. The van der Waals surface area contributed by atoms with Gasteiger partial charge in [-0.2, -0.15) is 8.78 Å². The molecule has 1 atom stereocenters. The molecule has 2 amide bonds. The van der Waals surface area contributed by atoms with Crippen LogP contribution in [0.4, 0.5) is 8.78 Å². The van der Waals surface area contributed by atoms with Gasteiger partial charge in [-0.15, -0.1) is 0 Å². The van der Waals surface area contributed by atoms with E-state index in [2.05, 4.69) is 15.4 Å². The third-order valence-corrected chi connectivity index (χ3v) is 3.69. The van der Waals surface area contributed by atoms with Gasteiger partial charge in [-0.3, -0.25) is 9.59 Å². The van der Waals surface area contributed by atoms with Gasteiger partial charge in [-0.05, 0) is 42.8 Å². The van der Waals surface area contributed by atoms with E-state index in [1.54, 1.807) is 25.1 Å². The average molecular weight is 383 g/mol. The molecule has 5 nitrogen and oxygen atoms in total. The summed E-state index contributed by atoms with van der Waals surface area (Å²) in [6, 6.07) is 12.1. The number of benzene rings is 2. The highest BCUT2D eigenvalue weighted by Crippen LogP contribution is 2.17. The summed E-state index contributed by atoms with van der Waals surface area (Å²) in [5, 5.41) is 5.72. The third kappa shape index (κ3) is 6.00. The fraction of sp³-hybridized carbons (Fsp3) is 0.222. The Kier molecular flexibility index (Phi) is 6.91. The highest BCUT2D eigenvalue weighted by atomic mass is 35.5. The van der Waals surface area contributed by atoms with Gasteiger partial charge in [0.25, 0.3) is 5.91 Å². The Balaban J connectivity index is 1.87. The van der Waals surface area contributed by atoms with Crippen LogP contribution in [0.2, 0.25) is 5.02 Å². The van der Waals surface area contributed by atoms with Crippen molar-refractivity contribution >= 4 is 23.4 Å². The lowest BCUT2D eigenvalue weighted by Crippen LogP contribution is -2.38. The van der Waals surface area contributed by atoms with Crippen LogP contribution in [0, 0.1) is 0 Å². The van der Waals surface area contributed by atoms with Crippen molar-refractivity contribution in [2.24, 2.45) is 0 Å². The molecule has 0 saturated carbocycles. The van der Waals surface area contributed by atoms with E-state index >= 15 is 0 Å². The predicted octanol–water partition coefficient (Wildman–Crippen LogP) is 3.55. The lowest BCUT2D eigenvalue weighted by Gasteiger charge is -2.15. The number of carbonyl (C=O) groups is 2. The first kappa shape index (κ1) is 19.7. The lowest BCUT2D eigenvalue weighted by molar-refractivity contribution is -0.120. The number of halogens is 3. The molecule has 0 saturated heterocycles. The fourth-order valence-corrected chi connectivity index (χ4v) is 2.43. The molecule has 8 heteroatoms. The maximum absolute atomic E-state index is 12.2. The number of hydrogen-bond acceptors (Lipinski definition) is 3. The molecule has 1 unspecified atom stereocenters. The van der Waals surface area contributed by atoms with Crippen molar-refractivity contribution in [3.05, 3.63) is 64.7 Å². The van der Waals surface area contributed by atoms with E-state index in [4.69, 9.17) is 11.6 Å². The fourth-order valence-electron chi connectivity index (χ4n) is 2.23. The summed E-state index contributed by atoms with van der Waals surface area (Å²) in [5.74, 6) is -1.10. The van der Waals surface area contributed by atoms with Crippen LogP contribution in [0.1, 0.15) is 28.9 Å². The van der Waals surface area contributed by atoms with Crippen molar-refractivity contribution in [1.82, 2.24) is 10.6 Å². The Morgan fingerprint density at radius 3 is 2.58 bits per heavy atom. The molecular formula is C18H17ClF2N2O3. The topological polar surface area (TPSA) is 67.4 Å². The molecule has 0 aliphatic carbocycles. The SMILES string of the molecule is CC(NC(=O)CNC(=O)c1cccc(OC(F)F)c1)c1cccc(Cl)c1. The maximum atomic E-state index is 12.2. The summed E-state index contributed by atoms with van der Waals surface area (Å²) in [4.78, 5) is 24.0. The van der Waals surface area contributed by atoms with Crippen LogP contribution in [0.15, 0.2) is 48.5 Å². The van der Waals surface area contributed by atoms with E-state index in [0.717, 1.165) is 5.56 Å². The summed E-state index contributed by atoms with van der Waals surface area (Å²) in [7, 11) is 0. The van der Waals surface area contributed by atoms with Crippen LogP contribution in [0.3, 0.4) is 0 Å². The van der Waals surface area contributed by atoms with Gasteiger partial charge in [-0.1, -0.05) is 29.8 Å². The molecule has 0 bridgehead atoms. The molecular weight excluding hydrogens is 366 g/mol. The summed E-state index contributed by atoms with van der Waals surface area (Å²) in [6.07, 6.45) is 0. The first-order valence-corrected chi connectivity index (χ1v) is 8.11. The number of nitrogens with one attached hydrogen (secondary N) is 2. The van der Waals surface area contributed by atoms with Crippen LogP contribution in [-0.4, -0.2) is 25.0 Å². The van der Waals surface area contributed by atoms with Crippen LogP contribution in [0.25, 0.3) is 0 Å². The van der Waals surface area contributed by atoms with Gasteiger partial charge < -0.3 is 15.4 Å². The zero-order chi connectivity index (χ0) is 19.1. The zero-order valence-corrected chi connectivity index (χ0v) is 14.6. The van der Waals surface area contributed by atoms with Gasteiger partial charge in [-0.25, -0.2) is 0 Å². The largest absolute Gasteiger partial charge is 0.435 e. The monoisotopic (exact) mass is 382 g/mol. The Bertz CT molecular complexity index is 787. The number of ether oxygens (including phenoxy) is 1. The molecule has 0 heterocycles. The van der Waals surface area contributed by atoms with Crippen molar-refractivity contribution in [2.75, 3.05) is 6.54 Å². The van der Waals surface area contributed by atoms with Gasteiger partial charge in [0.15, 0.2) is 0 Å². The second-order valence-electron chi connectivity index (χ2n) is 5.43. The molecule has 0 aromatic heterocycles.